The maximum Gasteiger partial charge on any atom is 0.211 e. The number of nitrogens with zero attached hydrogens (tertiary/aromatic N) is 2. The lowest BCUT2D eigenvalue weighted by atomic mass is 10.2. The Bertz CT molecular complexity index is 469. The maximum absolute atomic E-state index is 11.2. The second kappa shape index (κ2) is 4.47. The van der Waals surface area contributed by atoms with Crippen molar-refractivity contribution in [3.05, 3.63) is 23.8 Å². The Morgan fingerprint density at radius 3 is 2.81 bits per heavy atom. The highest BCUT2D eigenvalue weighted by Gasteiger charge is 2.25. The first-order chi connectivity index (χ1) is 7.61. The van der Waals surface area contributed by atoms with E-state index >= 15 is 0 Å². The Hall–Kier alpha value is -1.01. The van der Waals surface area contributed by atoms with Gasteiger partial charge in [-0.25, -0.2) is 23.1 Å². The summed E-state index contributed by atoms with van der Waals surface area (Å²) in [4.78, 5) is 8.23. The van der Waals surface area contributed by atoms with Crippen LogP contribution in [0.3, 0.4) is 0 Å². The SMILES string of the molecule is CCS(=O)(=O)NCc1cc(C2CC2)ncn1. The van der Waals surface area contributed by atoms with Crippen LogP contribution < -0.4 is 4.72 Å². The lowest BCUT2D eigenvalue weighted by Gasteiger charge is -2.04. The van der Waals surface area contributed by atoms with Gasteiger partial charge in [-0.3, -0.25) is 0 Å². The van der Waals surface area contributed by atoms with Crippen molar-refractivity contribution >= 4 is 10.0 Å². The maximum atomic E-state index is 11.2. The Balaban J connectivity index is 2.01. The van der Waals surface area contributed by atoms with Crippen LogP contribution in [0.4, 0.5) is 0 Å². The summed E-state index contributed by atoms with van der Waals surface area (Å²) < 4.78 is 25.0. The lowest BCUT2D eigenvalue weighted by Crippen LogP contribution is -2.25. The van der Waals surface area contributed by atoms with Crippen LogP contribution in [0.2, 0.25) is 0 Å². The van der Waals surface area contributed by atoms with Crippen LogP contribution in [0.25, 0.3) is 0 Å². The van der Waals surface area contributed by atoms with E-state index in [-0.39, 0.29) is 12.3 Å². The van der Waals surface area contributed by atoms with Gasteiger partial charge in [0.15, 0.2) is 0 Å². The summed E-state index contributed by atoms with van der Waals surface area (Å²) in [6.07, 6.45) is 3.86. The zero-order valence-electron chi connectivity index (χ0n) is 9.18. The first kappa shape index (κ1) is 11.5. The minimum atomic E-state index is -3.15. The molecule has 1 aromatic heterocycles. The van der Waals surface area contributed by atoms with Crippen LogP contribution in [0.1, 0.15) is 37.1 Å². The Kier molecular flexibility index (Phi) is 3.20. The molecule has 1 aliphatic rings. The molecule has 0 aliphatic heterocycles. The van der Waals surface area contributed by atoms with Crippen molar-refractivity contribution in [2.75, 3.05) is 5.75 Å². The average Bonchev–Trinajstić information content (AvgIpc) is 3.11. The second-order valence-electron chi connectivity index (χ2n) is 3.93. The van der Waals surface area contributed by atoms with Gasteiger partial charge in [0.05, 0.1) is 18.0 Å². The van der Waals surface area contributed by atoms with Crippen molar-refractivity contribution in [1.29, 1.82) is 0 Å². The molecule has 1 fully saturated rings. The van der Waals surface area contributed by atoms with Crippen molar-refractivity contribution in [3.8, 4) is 0 Å². The summed E-state index contributed by atoms with van der Waals surface area (Å²) in [6.45, 7) is 1.86. The molecule has 5 nitrogen and oxygen atoms in total. The van der Waals surface area contributed by atoms with E-state index in [1.807, 2.05) is 6.07 Å². The Labute approximate surface area is 95.4 Å². The Morgan fingerprint density at radius 1 is 1.44 bits per heavy atom. The normalized spacial score (nSPS) is 16.3. The van der Waals surface area contributed by atoms with Gasteiger partial charge in [-0.1, -0.05) is 0 Å². The highest BCUT2D eigenvalue weighted by molar-refractivity contribution is 7.89. The van der Waals surface area contributed by atoms with Gasteiger partial charge in [0.1, 0.15) is 6.33 Å². The number of sulfonamides is 1. The molecule has 1 aromatic rings. The van der Waals surface area contributed by atoms with Gasteiger partial charge in [0.25, 0.3) is 0 Å². The molecule has 0 bridgehead atoms. The van der Waals surface area contributed by atoms with E-state index in [1.165, 1.54) is 19.2 Å². The first-order valence-electron chi connectivity index (χ1n) is 5.39. The van der Waals surface area contributed by atoms with Gasteiger partial charge in [0.2, 0.25) is 10.0 Å². The van der Waals surface area contributed by atoms with E-state index in [0.29, 0.717) is 5.92 Å². The number of hydrogen-bond acceptors (Lipinski definition) is 4. The molecule has 0 unspecified atom stereocenters. The molecule has 0 aromatic carbocycles. The van der Waals surface area contributed by atoms with Crippen LogP contribution in [0.15, 0.2) is 12.4 Å². The molecular weight excluding hydrogens is 226 g/mol. The molecular formula is C10H15N3O2S. The molecule has 1 saturated carbocycles. The third-order valence-corrected chi connectivity index (χ3v) is 3.94. The van der Waals surface area contributed by atoms with Crippen LogP contribution >= 0.6 is 0 Å². The third-order valence-electron chi connectivity index (χ3n) is 2.59. The van der Waals surface area contributed by atoms with Gasteiger partial charge < -0.3 is 0 Å². The number of hydrogen-bond donors (Lipinski definition) is 1. The Morgan fingerprint density at radius 2 is 2.19 bits per heavy atom. The summed E-state index contributed by atoms with van der Waals surface area (Å²) >= 11 is 0. The molecule has 0 radical (unpaired) electrons. The third kappa shape index (κ3) is 2.99. The molecule has 16 heavy (non-hydrogen) atoms. The smallest absolute Gasteiger partial charge is 0.211 e. The van der Waals surface area contributed by atoms with Gasteiger partial charge in [-0.2, -0.15) is 0 Å². The molecule has 2 rings (SSSR count). The molecule has 0 spiro atoms. The summed E-state index contributed by atoms with van der Waals surface area (Å²) in [5.74, 6) is 0.651. The molecule has 0 amide bonds. The van der Waals surface area contributed by atoms with E-state index in [4.69, 9.17) is 0 Å². The quantitative estimate of drug-likeness (QED) is 0.827. The zero-order chi connectivity index (χ0) is 11.6. The average molecular weight is 241 g/mol. The molecule has 6 heteroatoms. The minimum Gasteiger partial charge on any atom is -0.241 e. The highest BCUT2D eigenvalue weighted by atomic mass is 32.2. The summed E-state index contributed by atoms with van der Waals surface area (Å²) in [7, 11) is -3.15. The zero-order valence-corrected chi connectivity index (χ0v) is 10.00. The number of nitrogens with one attached hydrogen (secondary N) is 1. The van der Waals surface area contributed by atoms with Crippen molar-refractivity contribution in [2.45, 2.75) is 32.2 Å². The van der Waals surface area contributed by atoms with Crippen LogP contribution in [0.5, 0.6) is 0 Å². The van der Waals surface area contributed by atoms with Crippen molar-refractivity contribution in [2.24, 2.45) is 0 Å². The first-order valence-corrected chi connectivity index (χ1v) is 7.04. The largest absolute Gasteiger partial charge is 0.241 e. The molecule has 88 valence electrons. The summed E-state index contributed by atoms with van der Waals surface area (Å²) in [6, 6.07) is 1.88. The van der Waals surface area contributed by atoms with Crippen molar-refractivity contribution in [3.63, 3.8) is 0 Å². The fourth-order valence-electron chi connectivity index (χ4n) is 1.40. The van der Waals surface area contributed by atoms with E-state index in [0.717, 1.165) is 11.4 Å². The van der Waals surface area contributed by atoms with E-state index < -0.39 is 10.0 Å². The van der Waals surface area contributed by atoms with Crippen LogP contribution in [0, 0.1) is 0 Å². The summed E-state index contributed by atoms with van der Waals surface area (Å²) in [5, 5.41) is 0. The number of rotatable bonds is 5. The van der Waals surface area contributed by atoms with Gasteiger partial charge in [-0.05, 0) is 25.8 Å². The minimum absolute atomic E-state index is 0.0908. The van der Waals surface area contributed by atoms with Gasteiger partial charge >= 0.3 is 0 Å². The van der Waals surface area contributed by atoms with E-state index in [9.17, 15) is 8.42 Å². The fraction of sp³-hybridized carbons (Fsp3) is 0.600. The summed E-state index contributed by atoms with van der Waals surface area (Å²) in [5.41, 5.74) is 1.76. The van der Waals surface area contributed by atoms with Crippen molar-refractivity contribution < 1.29 is 8.42 Å². The monoisotopic (exact) mass is 241 g/mol. The molecule has 1 N–H and O–H groups in total. The predicted octanol–water partition coefficient (Wildman–Crippen LogP) is 0.793. The van der Waals surface area contributed by atoms with E-state index in [2.05, 4.69) is 14.7 Å². The standard InChI is InChI=1S/C10H15N3O2S/c1-2-16(14,15)13-6-9-5-10(8-3-4-8)12-7-11-9/h5,7-8,13H,2-4,6H2,1H3. The van der Waals surface area contributed by atoms with Gasteiger partial charge in [-0.15, -0.1) is 0 Å². The van der Waals surface area contributed by atoms with Crippen molar-refractivity contribution in [1.82, 2.24) is 14.7 Å². The van der Waals surface area contributed by atoms with E-state index in [1.54, 1.807) is 6.92 Å². The topological polar surface area (TPSA) is 72.0 Å². The molecule has 0 saturated heterocycles. The van der Waals surface area contributed by atoms with Gasteiger partial charge in [0, 0.05) is 11.6 Å². The molecule has 1 aliphatic carbocycles. The van der Waals surface area contributed by atoms with Crippen LogP contribution in [-0.2, 0) is 16.6 Å². The lowest BCUT2D eigenvalue weighted by molar-refractivity contribution is 0.581. The molecule has 1 heterocycles. The fourth-order valence-corrected chi connectivity index (χ4v) is 1.97. The second-order valence-corrected chi connectivity index (χ2v) is 6.03. The molecule has 0 atom stereocenters. The number of aromatic nitrogens is 2. The highest BCUT2D eigenvalue weighted by Crippen LogP contribution is 2.38. The predicted molar refractivity (Wildman–Crippen MR) is 60.3 cm³/mol. The van der Waals surface area contributed by atoms with Crippen LogP contribution in [-0.4, -0.2) is 24.1 Å².